The largest absolute Gasteiger partial charge is 0.458 e. The van der Waals surface area contributed by atoms with Crippen molar-refractivity contribution in [2.24, 2.45) is 0 Å². The molecule has 0 aliphatic heterocycles. The molecule has 2 aromatic rings. The average Bonchev–Trinajstić information content (AvgIpc) is 2.94. The minimum Gasteiger partial charge on any atom is -0.458 e. The lowest BCUT2D eigenvalue weighted by molar-refractivity contribution is -0.136. The number of ether oxygens (including phenoxy) is 1. The smallest absolute Gasteiger partial charge is 0.331 e. The molecule has 1 heterocycles. The molecule has 0 spiro atoms. The van der Waals surface area contributed by atoms with Gasteiger partial charge in [-0.3, -0.25) is 0 Å². The monoisotopic (exact) mass is 322 g/mol. The van der Waals surface area contributed by atoms with E-state index in [0.29, 0.717) is 21.6 Å². The van der Waals surface area contributed by atoms with E-state index in [1.807, 2.05) is 0 Å². The molecule has 1 aromatic heterocycles. The number of rotatable bonds is 5. The highest BCUT2D eigenvalue weighted by atomic mass is 35.5. The third-order valence-corrected chi connectivity index (χ3v) is 3.30. The highest BCUT2D eigenvalue weighted by molar-refractivity contribution is 6.42. The van der Waals surface area contributed by atoms with Crippen molar-refractivity contribution in [3.05, 3.63) is 64.9 Å². The van der Waals surface area contributed by atoms with Crippen molar-refractivity contribution in [3.8, 4) is 11.3 Å². The minimum absolute atomic E-state index is 0.176. The lowest BCUT2D eigenvalue weighted by Crippen LogP contribution is -1.99. The van der Waals surface area contributed by atoms with Gasteiger partial charge >= 0.3 is 5.97 Å². The van der Waals surface area contributed by atoms with Gasteiger partial charge in [0.25, 0.3) is 0 Å². The predicted octanol–water partition coefficient (Wildman–Crippen LogP) is 5.00. The van der Waals surface area contributed by atoms with E-state index >= 15 is 0 Å². The van der Waals surface area contributed by atoms with E-state index < -0.39 is 5.97 Å². The summed E-state index contributed by atoms with van der Waals surface area (Å²) < 4.78 is 10.4. The quantitative estimate of drug-likeness (QED) is 0.442. The maximum Gasteiger partial charge on any atom is 0.331 e. The van der Waals surface area contributed by atoms with E-state index in [4.69, 9.17) is 32.4 Å². The van der Waals surface area contributed by atoms with E-state index in [2.05, 4.69) is 6.58 Å². The molecule has 0 unspecified atom stereocenters. The Kier molecular flexibility index (Phi) is 5.26. The number of halogens is 2. The normalized spacial score (nSPS) is 10.8. The first-order chi connectivity index (χ1) is 10.1. The fourth-order valence-corrected chi connectivity index (χ4v) is 1.88. The third kappa shape index (κ3) is 4.25. The Morgan fingerprint density at radius 3 is 2.76 bits per heavy atom. The fraction of sp³-hybridized carbons (Fsp3) is 0.0625. The van der Waals surface area contributed by atoms with E-state index in [1.54, 1.807) is 30.3 Å². The number of carbonyl (C=O) groups excluding carboxylic acids is 1. The van der Waals surface area contributed by atoms with Crippen molar-refractivity contribution in [1.82, 2.24) is 0 Å². The molecule has 0 aliphatic carbocycles. The van der Waals surface area contributed by atoms with Gasteiger partial charge in [0, 0.05) is 11.6 Å². The number of hydrogen-bond acceptors (Lipinski definition) is 3. The van der Waals surface area contributed by atoms with Crippen LogP contribution in [0.1, 0.15) is 5.76 Å². The Bertz CT molecular complexity index is 687. The zero-order valence-electron chi connectivity index (χ0n) is 11.0. The van der Waals surface area contributed by atoms with E-state index in [0.717, 1.165) is 5.56 Å². The van der Waals surface area contributed by atoms with Gasteiger partial charge in [0.1, 0.15) is 18.1 Å². The predicted molar refractivity (Wildman–Crippen MR) is 84.4 cm³/mol. The SMILES string of the molecule is C=CCOC(=O)/C=C/c1ccc(-c2ccc(Cl)c(Cl)c2)o1. The van der Waals surface area contributed by atoms with Crippen LogP contribution in [0.15, 0.2) is 53.5 Å². The van der Waals surface area contributed by atoms with Crippen molar-refractivity contribution >= 4 is 35.2 Å². The molecule has 108 valence electrons. The van der Waals surface area contributed by atoms with Crippen LogP contribution in [0.4, 0.5) is 0 Å². The summed E-state index contributed by atoms with van der Waals surface area (Å²) in [5, 5.41) is 0.938. The molecule has 1 aromatic carbocycles. The zero-order chi connectivity index (χ0) is 15.2. The summed E-state index contributed by atoms with van der Waals surface area (Å²) in [5.41, 5.74) is 0.804. The standard InChI is InChI=1S/C16H12Cl2O3/c1-2-9-20-16(19)8-5-12-4-7-15(21-12)11-3-6-13(17)14(18)10-11/h2-8,10H,1,9H2/b8-5+. The second kappa shape index (κ2) is 7.16. The van der Waals surface area contributed by atoms with Crippen molar-refractivity contribution in [1.29, 1.82) is 0 Å². The maximum atomic E-state index is 11.3. The Morgan fingerprint density at radius 2 is 2.05 bits per heavy atom. The first-order valence-corrected chi connectivity index (χ1v) is 6.86. The van der Waals surface area contributed by atoms with E-state index in [-0.39, 0.29) is 6.61 Å². The summed E-state index contributed by atoms with van der Waals surface area (Å²) in [6.45, 7) is 3.64. The van der Waals surface area contributed by atoms with Crippen LogP contribution in [0, 0.1) is 0 Å². The highest BCUT2D eigenvalue weighted by Crippen LogP contribution is 2.29. The van der Waals surface area contributed by atoms with Gasteiger partial charge in [-0.1, -0.05) is 35.9 Å². The molecule has 2 rings (SSSR count). The van der Waals surface area contributed by atoms with Crippen molar-refractivity contribution in [2.75, 3.05) is 6.61 Å². The Hall–Kier alpha value is -1.97. The van der Waals surface area contributed by atoms with Gasteiger partial charge in [0.2, 0.25) is 0 Å². The summed E-state index contributed by atoms with van der Waals surface area (Å²) in [6.07, 6.45) is 4.33. The summed E-state index contributed by atoms with van der Waals surface area (Å²) >= 11 is 11.8. The lowest BCUT2D eigenvalue weighted by atomic mass is 10.2. The summed E-state index contributed by atoms with van der Waals surface area (Å²) in [6, 6.07) is 8.75. The minimum atomic E-state index is -0.456. The van der Waals surface area contributed by atoms with Gasteiger partial charge in [0.15, 0.2) is 0 Å². The number of carbonyl (C=O) groups is 1. The average molecular weight is 323 g/mol. The molecule has 0 fully saturated rings. The molecule has 0 amide bonds. The van der Waals surface area contributed by atoms with Gasteiger partial charge in [0.05, 0.1) is 10.0 Å². The van der Waals surface area contributed by atoms with Crippen LogP contribution in [0.5, 0.6) is 0 Å². The van der Waals surface area contributed by atoms with Crippen molar-refractivity contribution < 1.29 is 13.9 Å². The second-order valence-electron chi connectivity index (χ2n) is 4.08. The van der Waals surface area contributed by atoms with Crippen LogP contribution in [-0.4, -0.2) is 12.6 Å². The van der Waals surface area contributed by atoms with Crippen LogP contribution >= 0.6 is 23.2 Å². The number of hydrogen-bond donors (Lipinski definition) is 0. The number of esters is 1. The molecule has 0 saturated heterocycles. The van der Waals surface area contributed by atoms with Crippen LogP contribution in [-0.2, 0) is 9.53 Å². The molecule has 3 nitrogen and oxygen atoms in total. The molecule has 0 aliphatic rings. The van der Waals surface area contributed by atoms with Gasteiger partial charge in [-0.15, -0.1) is 0 Å². The summed E-state index contributed by atoms with van der Waals surface area (Å²) in [7, 11) is 0. The molecule has 0 saturated carbocycles. The number of furan rings is 1. The summed E-state index contributed by atoms with van der Waals surface area (Å²) in [5.74, 6) is 0.710. The van der Waals surface area contributed by atoms with Gasteiger partial charge < -0.3 is 9.15 Å². The molecule has 5 heteroatoms. The number of benzene rings is 1. The first kappa shape index (κ1) is 15.4. The van der Waals surface area contributed by atoms with Crippen LogP contribution < -0.4 is 0 Å². The summed E-state index contributed by atoms with van der Waals surface area (Å²) in [4.78, 5) is 11.3. The zero-order valence-corrected chi connectivity index (χ0v) is 12.5. The van der Waals surface area contributed by atoms with Gasteiger partial charge in [-0.25, -0.2) is 4.79 Å². The topological polar surface area (TPSA) is 39.4 Å². The Morgan fingerprint density at radius 1 is 1.24 bits per heavy atom. The lowest BCUT2D eigenvalue weighted by Gasteiger charge is -1.99. The molecule has 0 bridgehead atoms. The molecular weight excluding hydrogens is 311 g/mol. The van der Waals surface area contributed by atoms with Gasteiger partial charge in [-0.2, -0.15) is 0 Å². The molecular formula is C16H12Cl2O3. The van der Waals surface area contributed by atoms with Crippen LogP contribution in [0.3, 0.4) is 0 Å². The van der Waals surface area contributed by atoms with Gasteiger partial charge in [-0.05, 0) is 36.4 Å². The molecule has 0 N–H and O–H groups in total. The van der Waals surface area contributed by atoms with Crippen molar-refractivity contribution in [2.45, 2.75) is 0 Å². The highest BCUT2D eigenvalue weighted by Gasteiger charge is 2.06. The Labute approximate surface area is 132 Å². The van der Waals surface area contributed by atoms with Crippen LogP contribution in [0.2, 0.25) is 10.0 Å². The van der Waals surface area contributed by atoms with Crippen LogP contribution in [0.25, 0.3) is 17.4 Å². The first-order valence-electron chi connectivity index (χ1n) is 6.11. The van der Waals surface area contributed by atoms with E-state index in [9.17, 15) is 4.79 Å². The maximum absolute atomic E-state index is 11.3. The Balaban J connectivity index is 2.10. The third-order valence-electron chi connectivity index (χ3n) is 2.56. The second-order valence-corrected chi connectivity index (χ2v) is 4.90. The molecule has 21 heavy (non-hydrogen) atoms. The van der Waals surface area contributed by atoms with Crippen molar-refractivity contribution in [3.63, 3.8) is 0 Å². The molecule has 0 atom stereocenters. The fourth-order valence-electron chi connectivity index (χ4n) is 1.59. The van der Waals surface area contributed by atoms with E-state index in [1.165, 1.54) is 18.2 Å². The molecule has 0 radical (unpaired) electrons.